The molecule has 5 nitrogen and oxygen atoms in total. The Bertz CT molecular complexity index is 588. The molecule has 1 unspecified atom stereocenters. The summed E-state index contributed by atoms with van der Waals surface area (Å²) in [6, 6.07) is 15.3. The van der Waals surface area contributed by atoms with E-state index in [2.05, 4.69) is 0 Å². The minimum atomic E-state index is -1.23. The topological polar surface area (TPSA) is 76.0 Å². The van der Waals surface area contributed by atoms with Crippen molar-refractivity contribution >= 4 is 13.7 Å². The summed E-state index contributed by atoms with van der Waals surface area (Å²) in [5.41, 5.74) is 1.28. The number of carboxylic acids is 1. The fourth-order valence-electron chi connectivity index (χ4n) is 1.77. The van der Waals surface area contributed by atoms with E-state index in [-0.39, 0.29) is 12.4 Å². The van der Waals surface area contributed by atoms with E-state index >= 15 is 0 Å². The summed E-state index contributed by atoms with van der Waals surface area (Å²) >= 11 is 0. The molecule has 1 atom stereocenters. The molecule has 0 heterocycles. The molecular formula is C15H14BO5. The van der Waals surface area contributed by atoms with Crippen LogP contribution in [-0.4, -0.2) is 23.9 Å². The van der Waals surface area contributed by atoms with Crippen molar-refractivity contribution in [3.05, 3.63) is 65.7 Å². The van der Waals surface area contributed by atoms with E-state index in [0.717, 1.165) is 13.2 Å². The molecule has 2 rings (SSSR count). The first kappa shape index (κ1) is 15.1. The second-order valence-corrected chi connectivity index (χ2v) is 4.34. The largest absolute Gasteiger partial charge is 0.508 e. The van der Waals surface area contributed by atoms with E-state index in [1.165, 1.54) is 12.1 Å². The lowest BCUT2D eigenvalue weighted by Gasteiger charge is -2.13. The number of aromatic hydroxyl groups is 1. The number of carboxylic acid groups (broad SMARTS) is 1. The van der Waals surface area contributed by atoms with Crippen LogP contribution in [0.15, 0.2) is 54.6 Å². The van der Waals surface area contributed by atoms with Crippen LogP contribution in [-0.2, 0) is 20.7 Å². The molecule has 0 saturated heterocycles. The van der Waals surface area contributed by atoms with E-state index < -0.39 is 12.1 Å². The summed E-state index contributed by atoms with van der Waals surface area (Å²) < 4.78 is 10.3. The Morgan fingerprint density at radius 3 is 2.57 bits per heavy atom. The van der Waals surface area contributed by atoms with Crippen molar-refractivity contribution < 1.29 is 24.3 Å². The maximum absolute atomic E-state index is 11.2. The van der Waals surface area contributed by atoms with Gasteiger partial charge in [0.1, 0.15) is 5.75 Å². The van der Waals surface area contributed by atoms with Gasteiger partial charge in [0.25, 0.3) is 0 Å². The first-order valence-electron chi connectivity index (χ1n) is 6.31. The highest BCUT2D eigenvalue weighted by Gasteiger charge is 2.21. The molecule has 0 amide bonds. The lowest BCUT2D eigenvalue weighted by Crippen LogP contribution is -2.19. The van der Waals surface area contributed by atoms with Gasteiger partial charge in [-0.1, -0.05) is 42.5 Å². The summed E-state index contributed by atoms with van der Waals surface area (Å²) in [6.07, 6.45) is -1.23. The molecule has 0 aromatic heterocycles. The summed E-state index contributed by atoms with van der Waals surface area (Å²) in [5, 5.41) is 18.5. The number of hydrogen-bond acceptors (Lipinski definition) is 4. The van der Waals surface area contributed by atoms with E-state index in [1.807, 2.05) is 30.3 Å². The predicted molar refractivity (Wildman–Crippen MR) is 76.6 cm³/mol. The summed E-state index contributed by atoms with van der Waals surface area (Å²) in [6.45, 7) is 0.285. The van der Waals surface area contributed by atoms with E-state index in [0.29, 0.717) is 5.56 Å². The van der Waals surface area contributed by atoms with Crippen LogP contribution in [0.5, 0.6) is 5.75 Å². The molecule has 0 aliphatic carbocycles. The number of benzene rings is 2. The molecule has 0 saturated carbocycles. The zero-order valence-corrected chi connectivity index (χ0v) is 11.2. The van der Waals surface area contributed by atoms with Gasteiger partial charge >= 0.3 is 13.7 Å². The van der Waals surface area contributed by atoms with Crippen LogP contribution in [0.4, 0.5) is 0 Å². The molecule has 2 aromatic carbocycles. The zero-order chi connectivity index (χ0) is 15.1. The SMILES string of the molecule is O=C(O)C(O[B]OCc1ccccc1)c1cccc(O)c1. The van der Waals surface area contributed by atoms with Gasteiger partial charge in [0.2, 0.25) is 0 Å². The van der Waals surface area contributed by atoms with Gasteiger partial charge in [-0.3, -0.25) is 0 Å². The van der Waals surface area contributed by atoms with Gasteiger partial charge in [-0.05, 0) is 23.3 Å². The Kier molecular flexibility index (Phi) is 5.37. The Balaban J connectivity index is 1.88. The van der Waals surface area contributed by atoms with Gasteiger partial charge in [-0.25, -0.2) is 4.79 Å². The molecule has 0 fully saturated rings. The van der Waals surface area contributed by atoms with Gasteiger partial charge in [0.15, 0.2) is 6.10 Å². The van der Waals surface area contributed by atoms with Crippen molar-refractivity contribution in [1.29, 1.82) is 0 Å². The maximum Gasteiger partial charge on any atom is 0.489 e. The lowest BCUT2D eigenvalue weighted by atomic mass is 10.1. The molecule has 107 valence electrons. The molecule has 0 aliphatic heterocycles. The van der Waals surface area contributed by atoms with Gasteiger partial charge in [-0.15, -0.1) is 0 Å². The van der Waals surface area contributed by atoms with Gasteiger partial charge < -0.3 is 19.5 Å². The Labute approximate surface area is 123 Å². The second-order valence-electron chi connectivity index (χ2n) is 4.34. The third kappa shape index (κ3) is 4.63. The summed E-state index contributed by atoms with van der Waals surface area (Å²) in [7, 11) is 1.01. The maximum atomic E-state index is 11.2. The van der Waals surface area contributed by atoms with Crippen molar-refractivity contribution in [2.24, 2.45) is 0 Å². The average Bonchev–Trinajstić information content (AvgIpc) is 2.48. The van der Waals surface area contributed by atoms with Crippen LogP contribution >= 0.6 is 0 Å². The molecule has 0 aliphatic rings. The molecule has 2 aromatic rings. The minimum absolute atomic E-state index is 0.0208. The van der Waals surface area contributed by atoms with Crippen LogP contribution in [0.1, 0.15) is 17.2 Å². The Morgan fingerprint density at radius 2 is 1.90 bits per heavy atom. The highest BCUT2D eigenvalue weighted by atomic mass is 16.6. The molecule has 6 heteroatoms. The van der Waals surface area contributed by atoms with Crippen molar-refractivity contribution in [1.82, 2.24) is 0 Å². The third-order valence-electron chi connectivity index (χ3n) is 2.75. The quantitative estimate of drug-likeness (QED) is 0.603. The van der Waals surface area contributed by atoms with Gasteiger partial charge in [0.05, 0.1) is 6.61 Å². The molecule has 1 radical (unpaired) electrons. The van der Waals surface area contributed by atoms with Gasteiger partial charge in [-0.2, -0.15) is 0 Å². The van der Waals surface area contributed by atoms with Crippen molar-refractivity contribution in [2.75, 3.05) is 0 Å². The van der Waals surface area contributed by atoms with Crippen LogP contribution in [0.25, 0.3) is 0 Å². The molecule has 2 N–H and O–H groups in total. The number of rotatable bonds is 7. The zero-order valence-electron chi connectivity index (χ0n) is 11.2. The molecule has 0 spiro atoms. The standard InChI is InChI=1S/C15H14BO5/c17-13-8-4-7-12(9-13)14(15(18)19)21-16-20-10-11-5-2-1-3-6-11/h1-9,14,17H,10H2,(H,18,19). The number of phenolic OH excluding ortho intramolecular Hbond substituents is 1. The number of carbonyl (C=O) groups is 1. The van der Waals surface area contributed by atoms with E-state index in [9.17, 15) is 9.90 Å². The lowest BCUT2D eigenvalue weighted by molar-refractivity contribution is -0.146. The smallest absolute Gasteiger partial charge is 0.489 e. The van der Waals surface area contributed by atoms with E-state index in [1.54, 1.807) is 12.1 Å². The van der Waals surface area contributed by atoms with Crippen LogP contribution < -0.4 is 0 Å². The first-order valence-corrected chi connectivity index (χ1v) is 6.31. The monoisotopic (exact) mass is 285 g/mol. The van der Waals surface area contributed by atoms with Crippen LogP contribution in [0.3, 0.4) is 0 Å². The van der Waals surface area contributed by atoms with Crippen LogP contribution in [0, 0.1) is 0 Å². The number of hydrogen-bond donors (Lipinski definition) is 2. The van der Waals surface area contributed by atoms with Crippen molar-refractivity contribution in [3.8, 4) is 5.75 Å². The number of aliphatic carboxylic acids is 1. The summed E-state index contributed by atoms with van der Waals surface area (Å²) in [5.74, 6) is -1.19. The van der Waals surface area contributed by atoms with Crippen LogP contribution in [0.2, 0.25) is 0 Å². The minimum Gasteiger partial charge on any atom is -0.508 e. The molecule has 21 heavy (non-hydrogen) atoms. The Hall–Kier alpha value is -2.31. The fourth-order valence-corrected chi connectivity index (χ4v) is 1.77. The highest BCUT2D eigenvalue weighted by Crippen LogP contribution is 2.21. The first-order chi connectivity index (χ1) is 10.2. The summed E-state index contributed by atoms with van der Waals surface area (Å²) in [4.78, 5) is 11.2. The molecule has 0 bridgehead atoms. The third-order valence-corrected chi connectivity index (χ3v) is 2.75. The van der Waals surface area contributed by atoms with Crippen molar-refractivity contribution in [3.63, 3.8) is 0 Å². The van der Waals surface area contributed by atoms with Crippen molar-refractivity contribution in [2.45, 2.75) is 12.7 Å². The Morgan fingerprint density at radius 1 is 1.14 bits per heavy atom. The molecular weight excluding hydrogens is 271 g/mol. The fraction of sp³-hybridized carbons (Fsp3) is 0.133. The normalized spacial score (nSPS) is 11.8. The predicted octanol–water partition coefficient (Wildman–Crippen LogP) is 2.29. The second kappa shape index (κ2) is 7.47. The average molecular weight is 285 g/mol. The van der Waals surface area contributed by atoms with Gasteiger partial charge in [0, 0.05) is 0 Å². The highest BCUT2D eigenvalue weighted by molar-refractivity contribution is 6.18. The number of phenols is 1. The van der Waals surface area contributed by atoms with E-state index in [4.69, 9.17) is 14.4 Å².